The molecule has 0 saturated carbocycles. The highest BCUT2D eigenvalue weighted by atomic mass is 19.1. The molecule has 3 nitrogen and oxygen atoms in total. The first kappa shape index (κ1) is 15.0. The van der Waals surface area contributed by atoms with E-state index in [2.05, 4.69) is 17.9 Å². The van der Waals surface area contributed by atoms with Gasteiger partial charge in [-0.15, -0.1) is 0 Å². The number of hydrogen-bond donors (Lipinski definition) is 2. The molecule has 2 rings (SSSR count). The summed E-state index contributed by atoms with van der Waals surface area (Å²) in [6, 6.07) is 12.8. The van der Waals surface area contributed by atoms with Crippen LogP contribution < -0.4 is 10.6 Å². The first-order valence-corrected chi connectivity index (χ1v) is 6.95. The topological polar surface area (TPSA) is 53.1 Å². The van der Waals surface area contributed by atoms with Crippen LogP contribution in [0.25, 0.3) is 0 Å². The molecule has 2 aromatic carbocycles. The number of nitrogens with one attached hydrogen (secondary N) is 1. The SMILES string of the molecule is CCN(Cc1cc(F)cc(C(=N)N)c1)c1cccc(C)c1. The molecule has 4 heteroatoms. The highest BCUT2D eigenvalue weighted by Crippen LogP contribution is 2.19. The third-order valence-electron chi connectivity index (χ3n) is 3.39. The Balaban J connectivity index is 2.28. The van der Waals surface area contributed by atoms with Crippen LogP contribution >= 0.6 is 0 Å². The average molecular weight is 285 g/mol. The van der Waals surface area contributed by atoms with E-state index in [1.807, 2.05) is 25.1 Å². The van der Waals surface area contributed by atoms with Crippen LogP contribution in [-0.2, 0) is 6.54 Å². The van der Waals surface area contributed by atoms with Crippen LogP contribution in [-0.4, -0.2) is 12.4 Å². The van der Waals surface area contributed by atoms with Crippen LogP contribution in [0, 0.1) is 18.2 Å². The zero-order valence-corrected chi connectivity index (χ0v) is 12.4. The molecule has 0 unspecified atom stereocenters. The maximum atomic E-state index is 13.6. The molecule has 0 amide bonds. The van der Waals surface area contributed by atoms with E-state index in [1.54, 1.807) is 6.07 Å². The van der Waals surface area contributed by atoms with Crippen LogP contribution in [0.5, 0.6) is 0 Å². The number of aryl methyl sites for hydroxylation is 1. The van der Waals surface area contributed by atoms with E-state index in [-0.39, 0.29) is 11.7 Å². The van der Waals surface area contributed by atoms with Crippen LogP contribution in [0.15, 0.2) is 42.5 Å². The van der Waals surface area contributed by atoms with E-state index >= 15 is 0 Å². The Bertz CT molecular complexity index is 652. The Labute approximate surface area is 124 Å². The number of anilines is 1. The van der Waals surface area contributed by atoms with Gasteiger partial charge in [-0.2, -0.15) is 0 Å². The van der Waals surface area contributed by atoms with Crippen LogP contribution in [0.2, 0.25) is 0 Å². The summed E-state index contributed by atoms with van der Waals surface area (Å²) >= 11 is 0. The minimum absolute atomic E-state index is 0.116. The molecule has 21 heavy (non-hydrogen) atoms. The number of benzene rings is 2. The van der Waals surface area contributed by atoms with Gasteiger partial charge in [-0.25, -0.2) is 4.39 Å². The number of amidine groups is 1. The molecule has 0 aliphatic heterocycles. The predicted octanol–water partition coefficient (Wildman–Crippen LogP) is 3.44. The van der Waals surface area contributed by atoms with Gasteiger partial charge in [0.15, 0.2) is 0 Å². The molecular weight excluding hydrogens is 265 g/mol. The van der Waals surface area contributed by atoms with E-state index in [1.165, 1.54) is 17.7 Å². The lowest BCUT2D eigenvalue weighted by molar-refractivity contribution is 0.624. The molecule has 110 valence electrons. The second kappa shape index (κ2) is 6.39. The van der Waals surface area contributed by atoms with Crippen molar-refractivity contribution in [1.82, 2.24) is 0 Å². The first-order chi connectivity index (χ1) is 9.99. The van der Waals surface area contributed by atoms with Crippen molar-refractivity contribution in [3.63, 3.8) is 0 Å². The fourth-order valence-electron chi connectivity index (χ4n) is 2.33. The lowest BCUT2D eigenvalue weighted by atomic mass is 10.1. The summed E-state index contributed by atoms with van der Waals surface area (Å²) in [5, 5.41) is 7.45. The van der Waals surface area contributed by atoms with Gasteiger partial charge in [0, 0.05) is 24.3 Å². The minimum Gasteiger partial charge on any atom is -0.384 e. The molecule has 0 saturated heterocycles. The number of nitrogen functional groups attached to an aromatic ring is 1. The van der Waals surface area contributed by atoms with Gasteiger partial charge >= 0.3 is 0 Å². The van der Waals surface area contributed by atoms with E-state index in [0.717, 1.165) is 17.8 Å². The second-order valence-corrected chi connectivity index (χ2v) is 5.12. The lowest BCUT2D eigenvalue weighted by Crippen LogP contribution is -2.22. The molecule has 2 aromatic rings. The number of nitrogens with two attached hydrogens (primary N) is 1. The predicted molar refractivity (Wildman–Crippen MR) is 85.3 cm³/mol. The van der Waals surface area contributed by atoms with Gasteiger partial charge in [-0.3, -0.25) is 5.41 Å². The number of rotatable bonds is 5. The van der Waals surface area contributed by atoms with Crippen molar-refractivity contribution in [2.75, 3.05) is 11.4 Å². The van der Waals surface area contributed by atoms with Gasteiger partial charge in [0.25, 0.3) is 0 Å². The molecule has 0 radical (unpaired) electrons. The summed E-state index contributed by atoms with van der Waals surface area (Å²) in [5.74, 6) is -0.479. The highest BCUT2D eigenvalue weighted by Gasteiger charge is 2.09. The molecule has 3 N–H and O–H groups in total. The smallest absolute Gasteiger partial charge is 0.124 e. The molecular formula is C17H20FN3. The van der Waals surface area contributed by atoms with Gasteiger partial charge in [-0.1, -0.05) is 12.1 Å². The van der Waals surface area contributed by atoms with Crippen molar-refractivity contribution in [3.05, 3.63) is 65.0 Å². The van der Waals surface area contributed by atoms with Crippen molar-refractivity contribution in [2.45, 2.75) is 20.4 Å². The summed E-state index contributed by atoms with van der Waals surface area (Å²) in [7, 11) is 0. The normalized spacial score (nSPS) is 10.4. The molecule has 0 heterocycles. The molecule has 0 aliphatic rings. The van der Waals surface area contributed by atoms with E-state index in [4.69, 9.17) is 11.1 Å². The Morgan fingerprint density at radius 1 is 1.24 bits per heavy atom. The van der Waals surface area contributed by atoms with E-state index in [9.17, 15) is 4.39 Å². The maximum Gasteiger partial charge on any atom is 0.124 e. The third-order valence-corrected chi connectivity index (χ3v) is 3.39. The van der Waals surface area contributed by atoms with Crippen molar-refractivity contribution < 1.29 is 4.39 Å². The summed E-state index contributed by atoms with van der Waals surface area (Å²) < 4.78 is 13.6. The van der Waals surface area contributed by atoms with Crippen LogP contribution in [0.4, 0.5) is 10.1 Å². The zero-order valence-electron chi connectivity index (χ0n) is 12.4. The Morgan fingerprint density at radius 2 is 2.00 bits per heavy atom. The standard InChI is InChI=1S/C17H20FN3/c1-3-21(16-6-4-5-12(2)7-16)11-13-8-14(17(19)20)10-15(18)9-13/h4-10H,3,11H2,1-2H3,(H3,19,20). The third kappa shape index (κ3) is 3.81. The van der Waals surface area contributed by atoms with Gasteiger partial charge in [0.05, 0.1) is 0 Å². The number of nitrogens with zero attached hydrogens (tertiary/aromatic N) is 1. The quantitative estimate of drug-likeness (QED) is 0.653. The van der Waals surface area contributed by atoms with Gasteiger partial charge in [0.1, 0.15) is 11.7 Å². The zero-order chi connectivity index (χ0) is 15.4. The average Bonchev–Trinajstić information content (AvgIpc) is 2.44. The van der Waals surface area contributed by atoms with Crippen molar-refractivity contribution in [1.29, 1.82) is 5.41 Å². The Morgan fingerprint density at radius 3 is 2.62 bits per heavy atom. The minimum atomic E-state index is -0.363. The molecule has 0 spiro atoms. The summed E-state index contributed by atoms with van der Waals surface area (Å²) in [5.41, 5.74) is 8.97. The fraction of sp³-hybridized carbons (Fsp3) is 0.235. The van der Waals surface area contributed by atoms with Crippen LogP contribution in [0.1, 0.15) is 23.6 Å². The summed E-state index contributed by atoms with van der Waals surface area (Å²) in [6.45, 7) is 5.51. The molecule has 0 fully saturated rings. The van der Waals surface area contributed by atoms with Crippen molar-refractivity contribution in [2.24, 2.45) is 5.73 Å². The Kier molecular flexibility index (Phi) is 4.58. The van der Waals surface area contributed by atoms with Gasteiger partial charge < -0.3 is 10.6 Å². The highest BCUT2D eigenvalue weighted by molar-refractivity contribution is 5.95. The lowest BCUT2D eigenvalue weighted by Gasteiger charge is -2.24. The van der Waals surface area contributed by atoms with Gasteiger partial charge in [0.2, 0.25) is 0 Å². The summed E-state index contributed by atoms with van der Waals surface area (Å²) in [6.07, 6.45) is 0. The van der Waals surface area contributed by atoms with E-state index in [0.29, 0.717) is 12.1 Å². The van der Waals surface area contributed by atoms with Crippen molar-refractivity contribution >= 4 is 11.5 Å². The largest absolute Gasteiger partial charge is 0.384 e. The molecule has 0 aliphatic carbocycles. The maximum absolute atomic E-state index is 13.6. The van der Waals surface area contributed by atoms with Crippen molar-refractivity contribution in [3.8, 4) is 0 Å². The summed E-state index contributed by atoms with van der Waals surface area (Å²) in [4.78, 5) is 2.16. The number of halogens is 1. The van der Waals surface area contributed by atoms with E-state index < -0.39 is 0 Å². The van der Waals surface area contributed by atoms with Crippen LogP contribution in [0.3, 0.4) is 0 Å². The van der Waals surface area contributed by atoms with Gasteiger partial charge in [-0.05, 0) is 55.3 Å². The Hall–Kier alpha value is -2.36. The fourth-order valence-corrected chi connectivity index (χ4v) is 2.33. The molecule has 0 aromatic heterocycles. The monoisotopic (exact) mass is 285 g/mol. The second-order valence-electron chi connectivity index (χ2n) is 5.12. The molecule has 0 bridgehead atoms. The number of hydrogen-bond acceptors (Lipinski definition) is 2. The molecule has 0 atom stereocenters. The first-order valence-electron chi connectivity index (χ1n) is 6.95.